The van der Waals surface area contributed by atoms with E-state index in [4.69, 9.17) is 16.3 Å². The van der Waals surface area contributed by atoms with Crippen LogP contribution in [-0.2, 0) is 16.1 Å². The highest BCUT2D eigenvalue weighted by Gasteiger charge is 2.17. The van der Waals surface area contributed by atoms with E-state index in [1.165, 1.54) is 10.9 Å². The summed E-state index contributed by atoms with van der Waals surface area (Å²) in [5.74, 6) is -0.218. The lowest BCUT2D eigenvalue weighted by atomic mass is 10.1. The van der Waals surface area contributed by atoms with Crippen molar-refractivity contribution in [3.8, 4) is 0 Å². The van der Waals surface area contributed by atoms with Gasteiger partial charge in [0.25, 0.3) is 5.56 Å². The number of ether oxygens (including phenoxy) is 1. The van der Waals surface area contributed by atoms with E-state index >= 15 is 0 Å². The van der Waals surface area contributed by atoms with Crippen molar-refractivity contribution in [1.82, 2.24) is 14.9 Å². The third-order valence-corrected chi connectivity index (χ3v) is 4.07. The van der Waals surface area contributed by atoms with Gasteiger partial charge in [-0.2, -0.15) is 0 Å². The molecule has 1 amide bonds. The molecule has 1 aromatic heterocycles. The van der Waals surface area contributed by atoms with E-state index in [0.29, 0.717) is 13.2 Å². The van der Waals surface area contributed by atoms with Crippen LogP contribution in [0.5, 0.6) is 0 Å². The van der Waals surface area contributed by atoms with Crippen LogP contribution in [0.4, 0.5) is 0 Å². The minimum Gasteiger partial charge on any atom is -0.381 e. The number of halogens is 2. The van der Waals surface area contributed by atoms with Crippen molar-refractivity contribution in [3.63, 3.8) is 0 Å². The van der Waals surface area contributed by atoms with Gasteiger partial charge in [-0.3, -0.25) is 14.2 Å². The highest BCUT2D eigenvalue weighted by Crippen LogP contribution is 2.13. The zero-order chi connectivity index (χ0) is 13.8. The average molecular weight is 351 g/mol. The molecule has 0 spiro atoms. The molecule has 1 aromatic rings. The first-order chi connectivity index (χ1) is 9.08. The van der Waals surface area contributed by atoms with Gasteiger partial charge in [-0.25, -0.2) is 4.98 Å². The Bertz CT molecular complexity index is 528. The predicted molar refractivity (Wildman–Crippen MR) is 73.2 cm³/mol. The van der Waals surface area contributed by atoms with Gasteiger partial charge >= 0.3 is 0 Å². The van der Waals surface area contributed by atoms with Gasteiger partial charge in [0.15, 0.2) is 5.15 Å². The van der Waals surface area contributed by atoms with Crippen molar-refractivity contribution in [2.45, 2.75) is 25.4 Å². The standard InChI is InChI=1S/C11H13BrClN3O3/c12-9-10(13)14-6-16(11(9)18)5-8(17)15-7-1-3-19-4-2-7/h6-7H,1-5H2,(H,15,17). The van der Waals surface area contributed by atoms with Crippen LogP contribution >= 0.6 is 27.5 Å². The fourth-order valence-electron chi connectivity index (χ4n) is 1.83. The third kappa shape index (κ3) is 3.77. The summed E-state index contributed by atoms with van der Waals surface area (Å²) in [6, 6.07) is 0.112. The first-order valence-electron chi connectivity index (χ1n) is 5.85. The van der Waals surface area contributed by atoms with Crippen molar-refractivity contribution >= 4 is 33.4 Å². The summed E-state index contributed by atoms with van der Waals surface area (Å²) in [6.07, 6.45) is 2.85. The normalized spacial score (nSPS) is 16.3. The Morgan fingerprint density at radius 3 is 2.95 bits per heavy atom. The monoisotopic (exact) mass is 349 g/mol. The van der Waals surface area contributed by atoms with Gasteiger partial charge in [0, 0.05) is 19.3 Å². The topological polar surface area (TPSA) is 73.2 Å². The molecule has 2 heterocycles. The lowest BCUT2D eigenvalue weighted by Gasteiger charge is -2.23. The molecule has 0 atom stereocenters. The Balaban J connectivity index is 1.99. The van der Waals surface area contributed by atoms with Crippen LogP contribution in [0, 0.1) is 0 Å². The summed E-state index contributed by atoms with van der Waals surface area (Å²) in [7, 11) is 0. The van der Waals surface area contributed by atoms with E-state index in [9.17, 15) is 9.59 Å². The molecule has 1 saturated heterocycles. The fraction of sp³-hybridized carbons (Fsp3) is 0.545. The highest BCUT2D eigenvalue weighted by atomic mass is 79.9. The molecule has 1 fully saturated rings. The lowest BCUT2D eigenvalue weighted by molar-refractivity contribution is -0.123. The van der Waals surface area contributed by atoms with Gasteiger partial charge in [-0.1, -0.05) is 11.6 Å². The van der Waals surface area contributed by atoms with Gasteiger partial charge in [-0.05, 0) is 28.8 Å². The maximum atomic E-state index is 11.8. The second-order valence-electron chi connectivity index (χ2n) is 4.24. The highest BCUT2D eigenvalue weighted by molar-refractivity contribution is 9.10. The van der Waals surface area contributed by atoms with E-state index in [1.54, 1.807) is 0 Å². The molecule has 0 saturated carbocycles. The van der Waals surface area contributed by atoms with Crippen LogP contribution in [0.25, 0.3) is 0 Å². The Hall–Kier alpha value is -0.920. The van der Waals surface area contributed by atoms with E-state index in [1.807, 2.05) is 0 Å². The summed E-state index contributed by atoms with van der Waals surface area (Å²) in [4.78, 5) is 27.5. The number of hydrogen-bond acceptors (Lipinski definition) is 4. The largest absolute Gasteiger partial charge is 0.381 e. The maximum absolute atomic E-state index is 11.8. The van der Waals surface area contributed by atoms with E-state index < -0.39 is 0 Å². The molecule has 0 unspecified atom stereocenters. The smallest absolute Gasteiger partial charge is 0.269 e. The Kier molecular flexibility index (Phi) is 4.95. The molecule has 1 aliphatic heterocycles. The minimum atomic E-state index is -0.373. The number of amides is 1. The van der Waals surface area contributed by atoms with Crippen molar-refractivity contribution in [3.05, 3.63) is 26.3 Å². The fourth-order valence-corrected chi connectivity index (χ4v) is 2.28. The average Bonchev–Trinajstić information content (AvgIpc) is 2.41. The maximum Gasteiger partial charge on any atom is 0.269 e. The summed E-state index contributed by atoms with van der Waals surface area (Å²) in [6.45, 7) is 1.23. The lowest BCUT2D eigenvalue weighted by Crippen LogP contribution is -2.41. The van der Waals surface area contributed by atoms with Crippen LogP contribution in [0.1, 0.15) is 12.8 Å². The Morgan fingerprint density at radius 1 is 1.58 bits per heavy atom. The number of nitrogens with zero attached hydrogens (tertiary/aromatic N) is 2. The summed E-state index contributed by atoms with van der Waals surface area (Å²) < 4.78 is 6.59. The van der Waals surface area contributed by atoms with Crippen molar-refractivity contribution in [2.24, 2.45) is 0 Å². The van der Waals surface area contributed by atoms with Gasteiger partial charge in [-0.15, -0.1) is 0 Å². The second kappa shape index (κ2) is 6.49. The van der Waals surface area contributed by atoms with Gasteiger partial charge in [0.1, 0.15) is 11.0 Å². The quantitative estimate of drug-likeness (QED) is 0.824. The van der Waals surface area contributed by atoms with Crippen LogP contribution in [0.3, 0.4) is 0 Å². The minimum absolute atomic E-state index is 0.0705. The zero-order valence-electron chi connectivity index (χ0n) is 10.1. The molecule has 0 radical (unpaired) electrons. The molecule has 104 valence electrons. The number of carbonyl (C=O) groups is 1. The van der Waals surface area contributed by atoms with Crippen molar-refractivity contribution < 1.29 is 9.53 Å². The number of hydrogen-bond donors (Lipinski definition) is 1. The van der Waals surface area contributed by atoms with Crippen LogP contribution < -0.4 is 10.9 Å². The zero-order valence-corrected chi connectivity index (χ0v) is 12.4. The first-order valence-corrected chi connectivity index (χ1v) is 7.02. The number of rotatable bonds is 3. The molecule has 1 aliphatic rings. The predicted octanol–water partition coefficient (Wildman–Crippen LogP) is 0.954. The molecule has 1 N–H and O–H groups in total. The van der Waals surface area contributed by atoms with Crippen LogP contribution in [0.15, 0.2) is 15.6 Å². The molecule has 2 rings (SSSR count). The second-order valence-corrected chi connectivity index (χ2v) is 5.39. The van der Waals surface area contributed by atoms with Crippen LogP contribution in [0.2, 0.25) is 5.15 Å². The Labute approximate surface area is 123 Å². The third-order valence-electron chi connectivity index (χ3n) is 2.84. The molecule has 8 heteroatoms. The number of carbonyl (C=O) groups excluding carboxylic acids is 1. The molecule has 0 bridgehead atoms. The van der Waals surface area contributed by atoms with Gasteiger partial charge in [0.2, 0.25) is 5.91 Å². The summed E-state index contributed by atoms with van der Waals surface area (Å²) in [5.41, 5.74) is -0.373. The molecule has 19 heavy (non-hydrogen) atoms. The summed E-state index contributed by atoms with van der Waals surface area (Å²) in [5, 5.41) is 2.96. The van der Waals surface area contributed by atoms with Crippen LogP contribution in [-0.4, -0.2) is 34.7 Å². The first kappa shape index (κ1) is 14.5. The van der Waals surface area contributed by atoms with E-state index in [-0.39, 0.29) is 33.7 Å². The SMILES string of the molecule is O=C(Cn1cnc(Cl)c(Br)c1=O)NC1CCOCC1. The van der Waals surface area contributed by atoms with Gasteiger partial charge < -0.3 is 10.1 Å². The van der Waals surface area contributed by atoms with E-state index in [2.05, 4.69) is 26.2 Å². The molecule has 0 aromatic carbocycles. The van der Waals surface area contributed by atoms with Gasteiger partial charge in [0.05, 0.1) is 6.33 Å². The number of aromatic nitrogens is 2. The molecular weight excluding hydrogens is 337 g/mol. The Morgan fingerprint density at radius 2 is 2.26 bits per heavy atom. The van der Waals surface area contributed by atoms with Crippen molar-refractivity contribution in [2.75, 3.05) is 13.2 Å². The summed E-state index contributed by atoms with van der Waals surface area (Å²) >= 11 is 8.73. The molecular formula is C11H13BrClN3O3. The van der Waals surface area contributed by atoms with Crippen molar-refractivity contribution in [1.29, 1.82) is 0 Å². The number of nitrogens with one attached hydrogen (secondary N) is 1. The molecule has 6 nitrogen and oxygen atoms in total. The molecule has 0 aliphatic carbocycles. The van der Waals surface area contributed by atoms with E-state index in [0.717, 1.165) is 12.8 Å².